The maximum absolute atomic E-state index is 8.38. The van der Waals surface area contributed by atoms with Gasteiger partial charge < -0.3 is 16.3 Å². The predicted molar refractivity (Wildman–Crippen MR) is 50.9 cm³/mol. The minimum absolute atomic E-state index is 0.150. The van der Waals surface area contributed by atoms with Gasteiger partial charge in [-0.25, -0.2) is 0 Å². The van der Waals surface area contributed by atoms with Crippen molar-refractivity contribution in [1.82, 2.24) is 20.3 Å². The lowest BCUT2D eigenvalue weighted by Crippen LogP contribution is -2.40. The topological polar surface area (TPSA) is 101 Å². The van der Waals surface area contributed by atoms with Crippen LogP contribution in [-0.2, 0) is 6.54 Å². The summed E-state index contributed by atoms with van der Waals surface area (Å²) in [5.41, 5.74) is 5.38. The van der Waals surface area contributed by atoms with E-state index < -0.39 is 0 Å². The molecule has 0 fully saturated rings. The molecule has 1 aromatic rings. The molecule has 7 nitrogen and oxygen atoms in total. The van der Waals surface area contributed by atoms with Crippen LogP contribution in [0, 0.1) is 0 Å². The van der Waals surface area contributed by atoms with E-state index in [2.05, 4.69) is 20.8 Å². The zero-order chi connectivity index (χ0) is 10.4. The first kappa shape index (κ1) is 10.5. The molecular weight excluding hydrogens is 184 g/mol. The van der Waals surface area contributed by atoms with E-state index in [0.29, 0.717) is 13.1 Å². The van der Waals surface area contributed by atoms with Crippen LogP contribution in [0.1, 0.15) is 6.92 Å². The van der Waals surface area contributed by atoms with E-state index >= 15 is 0 Å². The average Bonchev–Trinajstić information content (AvgIpc) is 2.69. The van der Waals surface area contributed by atoms with Gasteiger partial charge in [0, 0.05) is 12.7 Å². The van der Waals surface area contributed by atoms with E-state index in [1.54, 1.807) is 17.1 Å². The highest BCUT2D eigenvalue weighted by molar-refractivity contribution is 5.84. The summed E-state index contributed by atoms with van der Waals surface area (Å²) < 4.78 is 1.70. The molecular formula is C7H14N6O. The van der Waals surface area contributed by atoms with Crippen LogP contribution in [0.4, 0.5) is 0 Å². The molecule has 7 heteroatoms. The number of aromatic nitrogens is 3. The van der Waals surface area contributed by atoms with Gasteiger partial charge in [0.2, 0.25) is 0 Å². The Balaban J connectivity index is 2.22. The smallest absolute Gasteiger partial charge is 0.156 e. The van der Waals surface area contributed by atoms with Gasteiger partial charge in [0.25, 0.3) is 0 Å². The second-order valence-electron chi connectivity index (χ2n) is 2.87. The lowest BCUT2D eigenvalue weighted by Gasteiger charge is -2.11. The predicted octanol–water partition coefficient (Wildman–Crippen LogP) is -0.997. The van der Waals surface area contributed by atoms with Crippen molar-refractivity contribution in [3.63, 3.8) is 0 Å². The van der Waals surface area contributed by atoms with Crippen molar-refractivity contribution in [3.05, 3.63) is 12.4 Å². The number of rotatable bonds is 5. The quantitative estimate of drug-likeness (QED) is 0.244. The highest BCUT2D eigenvalue weighted by Crippen LogP contribution is 1.83. The Morgan fingerprint density at radius 1 is 1.79 bits per heavy atom. The molecule has 0 bridgehead atoms. The van der Waals surface area contributed by atoms with Crippen molar-refractivity contribution >= 4 is 5.84 Å². The van der Waals surface area contributed by atoms with Crippen LogP contribution in [-0.4, -0.2) is 38.6 Å². The molecule has 0 aromatic carbocycles. The van der Waals surface area contributed by atoms with Gasteiger partial charge in [-0.05, 0) is 6.92 Å². The van der Waals surface area contributed by atoms with Gasteiger partial charge in [0.1, 0.15) is 0 Å². The molecule has 0 saturated carbocycles. The minimum Gasteiger partial charge on any atom is -0.409 e. The van der Waals surface area contributed by atoms with Crippen molar-refractivity contribution in [2.24, 2.45) is 10.9 Å². The molecule has 0 spiro atoms. The van der Waals surface area contributed by atoms with Crippen LogP contribution in [0.25, 0.3) is 0 Å². The first-order valence-electron chi connectivity index (χ1n) is 4.29. The fourth-order valence-corrected chi connectivity index (χ4v) is 0.939. The Bertz CT molecular complexity index is 282. The summed E-state index contributed by atoms with van der Waals surface area (Å²) in [4.78, 5) is 0. The normalized spacial score (nSPS) is 14.2. The Kier molecular flexibility index (Phi) is 3.86. The molecule has 1 aromatic heterocycles. The molecule has 1 atom stereocenters. The number of amidine groups is 1. The molecule has 0 radical (unpaired) electrons. The monoisotopic (exact) mass is 198 g/mol. The maximum Gasteiger partial charge on any atom is 0.156 e. The second-order valence-corrected chi connectivity index (χ2v) is 2.87. The Morgan fingerprint density at radius 2 is 2.57 bits per heavy atom. The molecule has 78 valence electrons. The fraction of sp³-hybridized carbons (Fsp3) is 0.571. The van der Waals surface area contributed by atoms with Crippen LogP contribution in [0.15, 0.2) is 17.5 Å². The Labute approximate surface area is 81.6 Å². The molecule has 0 aliphatic heterocycles. The highest BCUT2D eigenvalue weighted by Gasteiger charge is 2.05. The van der Waals surface area contributed by atoms with Crippen molar-refractivity contribution in [2.45, 2.75) is 19.5 Å². The maximum atomic E-state index is 8.38. The summed E-state index contributed by atoms with van der Waals surface area (Å²) in [5.74, 6) is 0.170. The summed E-state index contributed by atoms with van der Waals surface area (Å²) in [5, 5.41) is 21.8. The third kappa shape index (κ3) is 3.02. The van der Waals surface area contributed by atoms with Crippen LogP contribution < -0.4 is 11.1 Å². The van der Waals surface area contributed by atoms with Gasteiger partial charge in [0.15, 0.2) is 5.84 Å². The van der Waals surface area contributed by atoms with E-state index in [-0.39, 0.29) is 11.9 Å². The molecule has 1 unspecified atom stereocenters. The van der Waals surface area contributed by atoms with Gasteiger partial charge in [-0.15, -0.1) is 5.10 Å². The number of nitrogens with one attached hydrogen (secondary N) is 1. The molecule has 0 saturated heterocycles. The van der Waals surface area contributed by atoms with Gasteiger partial charge >= 0.3 is 0 Å². The summed E-state index contributed by atoms with van der Waals surface area (Å²) in [6, 6.07) is -0.150. The van der Waals surface area contributed by atoms with Crippen molar-refractivity contribution in [3.8, 4) is 0 Å². The summed E-state index contributed by atoms with van der Waals surface area (Å²) in [6.07, 6.45) is 3.39. The van der Waals surface area contributed by atoms with E-state index in [1.807, 2.05) is 6.92 Å². The van der Waals surface area contributed by atoms with Crippen molar-refractivity contribution in [1.29, 1.82) is 0 Å². The van der Waals surface area contributed by atoms with Crippen LogP contribution in [0.3, 0.4) is 0 Å². The number of hydrogen-bond acceptors (Lipinski definition) is 5. The Hall–Kier alpha value is -1.63. The molecule has 1 heterocycles. The standard InChI is InChI=1S/C7H14N6O/c1-6(7(8)11-14)9-2-4-13-5-3-10-12-13/h3,5-6,9,14H,2,4H2,1H3,(H2,8,11). The molecule has 0 amide bonds. The average molecular weight is 198 g/mol. The largest absolute Gasteiger partial charge is 0.409 e. The third-order valence-corrected chi connectivity index (χ3v) is 1.82. The van der Waals surface area contributed by atoms with E-state index in [9.17, 15) is 0 Å². The van der Waals surface area contributed by atoms with Crippen molar-refractivity contribution < 1.29 is 5.21 Å². The molecule has 4 N–H and O–H groups in total. The van der Waals surface area contributed by atoms with Crippen LogP contribution in [0.5, 0.6) is 0 Å². The third-order valence-electron chi connectivity index (χ3n) is 1.82. The van der Waals surface area contributed by atoms with Gasteiger partial charge in [0.05, 0.1) is 18.8 Å². The van der Waals surface area contributed by atoms with Gasteiger partial charge in [-0.2, -0.15) is 0 Å². The number of hydrogen-bond donors (Lipinski definition) is 3. The minimum atomic E-state index is -0.150. The number of nitrogens with zero attached hydrogens (tertiary/aromatic N) is 4. The first-order chi connectivity index (χ1) is 6.74. The summed E-state index contributed by atoms with van der Waals surface area (Å²) >= 11 is 0. The lowest BCUT2D eigenvalue weighted by molar-refractivity contribution is 0.315. The summed E-state index contributed by atoms with van der Waals surface area (Å²) in [6.45, 7) is 3.19. The molecule has 0 aliphatic rings. The Morgan fingerprint density at radius 3 is 3.14 bits per heavy atom. The van der Waals surface area contributed by atoms with Crippen LogP contribution in [0.2, 0.25) is 0 Å². The molecule has 1 rings (SSSR count). The highest BCUT2D eigenvalue weighted by atomic mass is 16.4. The lowest BCUT2D eigenvalue weighted by atomic mass is 10.3. The van der Waals surface area contributed by atoms with Gasteiger partial charge in [-0.1, -0.05) is 10.4 Å². The van der Waals surface area contributed by atoms with E-state index in [1.165, 1.54) is 0 Å². The van der Waals surface area contributed by atoms with E-state index in [0.717, 1.165) is 0 Å². The fourth-order valence-electron chi connectivity index (χ4n) is 0.939. The second kappa shape index (κ2) is 5.18. The number of nitrogens with two attached hydrogens (primary N) is 1. The zero-order valence-corrected chi connectivity index (χ0v) is 7.96. The SMILES string of the molecule is CC(NCCn1ccnn1)/C(N)=N/O. The molecule has 14 heavy (non-hydrogen) atoms. The first-order valence-corrected chi connectivity index (χ1v) is 4.29. The van der Waals surface area contributed by atoms with Gasteiger partial charge in [-0.3, -0.25) is 4.68 Å². The number of oxime groups is 1. The van der Waals surface area contributed by atoms with Crippen molar-refractivity contribution in [2.75, 3.05) is 6.54 Å². The van der Waals surface area contributed by atoms with Crippen LogP contribution >= 0.6 is 0 Å². The molecule has 0 aliphatic carbocycles. The summed E-state index contributed by atoms with van der Waals surface area (Å²) in [7, 11) is 0. The zero-order valence-electron chi connectivity index (χ0n) is 7.96. The van der Waals surface area contributed by atoms with E-state index in [4.69, 9.17) is 10.9 Å².